The van der Waals surface area contributed by atoms with Gasteiger partial charge in [-0.1, -0.05) is 122 Å². The van der Waals surface area contributed by atoms with Gasteiger partial charge in [0.15, 0.2) is 11.2 Å². The number of hydrogen-bond acceptors (Lipinski definition) is 4. The van der Waals surface area contributed by atoms with Crippen LogP contribution in [0, 0.1) is 34.6 Å². The van der Waals surface area contributed by atoms with E-state index in [1.54, 1.807) is 0 Å². The topological polar surface area (TPSA) is 32.8 Å². The van der Waals surface area contributed by atoms with Crippen molar-refractivity contribution in [3.8, 4) is 0 Å². The molecule has 0 radical (unpaired) electrons. The average molecular weight is 817 g/mol. The minimum Gasteiger partial charge on any atom is -0.454 e. The molecule has 9 aromatic carbocycles. The maximum atomic E-state index is 6.88. The third-order valence-corrected chi connectivity index (χ3v) is 12.9. The van der Waals surface area contributed by atoms with Crippen LogP contribution in [0.4, 0.5) is 34.1 Å². The fraction of sp³-hybridized carbons (Fsp3) is 0.119. The Morgan fingerprint density at radius 2 is 0.952 bits per heavy atom. The van der Waals surface area contributed by atoms with Gasteiger partial charge in [-0.05, 0) is 140 Å². The second kappa shape index (κ2) is 14.5. The Morgan fingerprint density at radius 1 is 0.460 bits per heavy atom. The van der Waals surface area contributed by atoms with Gasteiger partial charge in [0.1, 0.15) is 11.3 Å². The van der Waals surface area contributed by atoms with E-state index in [0.717, 1.165) is 94.9 Å². The molecule has 0 saturated carbocycles. The van der Waals surface area contributed by atoms with Gasteiger partial charge in [0.05, 0.1) is 22.7 Å². The Kier molecular flexibility index (Phi) is 8.85. The van der Waals surface area contributed by atoms with Gasteiger partial charge in [0, 0.05) is 43.9 Å². The van der Waals surface area contributed by atoms with E-state index in [4.69, 9.17) is 8.83 Å². The molecule has 0 fully saturated rings. The number of aryl methyl sites for hydroxylation is 5. The Hall–Kier alpha value is -7.56. The SMILES string of the molecule is C=C(C)c1oc2c(N(c3cc(C)ccc3C)c3ccc4ccc5c(N(c6cc(C)ccc6C)c6cccc7c6oc6c(C)cccc67)ccc6ccc3c4c65)cccc2c1/C=C\C. The zero-order chi connectivity index (χ0) is 43.3. The van der Waals surface area contributed by atoms with Crippen LogP contribution in [0.3, 0.4) is 0 Å². The summed E-state index contributed by atoms with van der Waals surface area (Å²) < 4.78 is 13.7. The predicted octanol–water partition coefficient (Wildman–Crippen LogP) is 17.8. The third kappa shape index (κ3) is 5.89. The van der Waals surface area contributed by atoms with Gasteiger partial charge >= 0.3 is 0 Å². The van der Waals surface area contributed by atoms with Crippen molar-refractivity contribution >= 4 is 111 Å². The molecule has 4 heteroatoms. The van der Waals surface area contributed by atoms with Crippen LogP contribution in [-0.2, 0) is 0 Å². The van der Waals surface area contributed by atoms with Crippen LogP contribution < -0.4 is 9.80 Å². The highest BCUT2D eigenvalue weighted by atomic mass is 16.3. The predicted molar refractivity (Wildman–Crippen MR) is 270 cm³/mol. The highest BCUT2D eigenvalue weighted by molar-refractivity contribution is 6.28. The molecule has 2 aromatic heterocycles. The first-order valence-corrected chi connectivity index (χ1v) is 21.8. The molecule has 0 aliphatic carbocycles. The minimum absolute atomic E-state index is 0.807. The van der Waals surface area contributed by atoms with Gasteiger partial charge in [-0.2, -0.15) is 0 Å². The molecule has 0 unspecified atom stereocenters. The van der Waals surface area contributed by atoms with E-state index >= 15 is 0 Å². The summed E-state index contributed by atoms with van der Waals surface area (Å²) in [5.74, 6) is 0.807. The summed E-state index contributed by atoms with van der Waals surface area (Å²) in [7, 11) is 0. The van der Waals surface area contributed by atoms with Crippen molar-refractivity contribution in [3.63, 3.8) is 0 Å². The number of rotatable bonds is 8. The summed E-state index contributed by atoms with van der Waals surface area (Å²) in [6.07, 6.45) is 4.20. The first-order chi connectivity index (χ1) is 30.6. The Bertz CT molecular complexity index is 3690. The third-order valence-electron chi connectivity index (χ3n) is 12.9. The van der Waals surface area contributed by atoms with E-state index in [-0.39, 0.29) is 0 Å². The molecular weight excluding hydrogens is 769 g/mol. The Morgan fingerprint density at radius 3 is 1.49 bits per heavy atom. The molecule has 0 bridgehead atoms. The number of fused-ring (bicyclic) bond motifs is 4. The summed E-state index contributed by atoms with van der Waals surface area (Å²) >= 11 is 0. The second-order valence-electron chi connectivity index (χ2n) is 17.3. The molecule has 0 saturated heterocycles. The van der Waals surface area contributed by atoms with Gasteiger partial charge < -0.3 is 18.6 Å². The van der Waals surface area contributed by atoms with E-state index in [2.05, 4.69) is 203 Å². The molecule has 11 rings (SSSR count). The second-order valence-corrected chi connectivity index (χ2v) is 17.3. The molecule has 4 nitrogen and oxygen atoms in total. The summed E-state index contributed by atoms with van der Waals surface area (Å²) in [4.78, 5) is 4.84. The van der Waals surface area contributed by atoms with Crippen LogP contribution in [0.2, 0.25) is 0 Å². The molecule has 0 spiro atoms. The molecule has 2 heterocycles. The zero-order valence-electron chi connectivity index (χ0n) is 36.9. The number of hydrogen-bond donors (Lipinski definition) is 0. The monoisotopic (exact) mass is 816 g/mol. The summed E-state index contributed by atoms with van der Waals surface area (Å²) in [6, 6.07) is 51.2. The first kappa shape index (κ1) is 38.4. The van der Waals surface area contributed by atoms with Gasteiger partial charge in [-0.25, -0.2) is 0 Å². The van der Waals surface area contributed by atoms with Crippen LogP contribution >= 0.6 is 0 Å². The van der Waals surface area contributed by atoms with Gasteiger partial charge in [-0.15, -0.1) is 0 Å². The zero-order valence-corrected chi connectivity index (χ0v) is 36.9. The largest absolute Gasteiger partial charge is 0.454 e. The molecule has 0 N–H and O–H groups in total. The summed E-state index contributed by atoms with van der Waals surface area (Å²) in [5.41, 5.74) is 16.8. The normalized spacial score (nSPS) is 12.0. The Labute approximate surface area is 367 Å². The molecule has 0 amide bonds. The first-order valence-electron chi connectivity index (χ1n) is 21.8. The fourth-order valence-corrected chi connectivity index (χ4v) is 9.93. The smallest absolute Gasteiger partial charge is 0.159 e. The van der Waals surface area contributed by atoms with Crippen molar-refractivity contribution in [3.05, 3.63) is 191 Å². The lowest BCUT2D eigenvalue weighted by Gasteiger charge is -2.30. The van der Waals surface area contributed by atoms with Crippen LogP contribution in [0.5, 0.6) is 0 Å². The molecule has 0 aliphatic rings. The van der Waals surface area contributed by atoms with Gasteiger partial charge in [0.2, 0.25) is 0 Å². The van der Waals surface area contributed by atoms with E-state index in [1.807, 2.05) is 13.8 Å². The quantitative estimate of drug-likeness (QED) is 0.143. The standard InChI is InChI=1S/C59H48N2O2/c1-9-13-42-44-16-11-18-50(58(44)62-56(42)34(2)3)60(52-32-35(4)20-22-37(52)6)48-30-26-40-25-29-47-49(31-27-41-24-28-46(48)54(40)55(41)47)61(53-33-36(5)21-23-38(53)7)51-19-12-17-45-43-15-10-14-39(8)57(43)63-59(45)51/h9-33H,2H2,1,3-8H3/b13-9-. The highest BCUT2D eigenvalue weighted by Crippen LogP contribution is 2.51. The van der Waals surface area contributed by atoms with Crippen LogP contribution in [0.1, 0.15) is 53.0 Å². The molecule has 0 atom stereocenters. The van der Waals surface area contributed by atoms with Crippen molar-refractivity contribution in [1.29, 1.82) is 0 Å². The lowest BCUT2D eigenvalue weighted by molar-refractivity contribution is 0.599. The van der Waals surface area contributed by atoms with Gasteiger partial charge in [0.25, 0.3) is 0 Å². The molecule has 63 heavy (non-hydrogen) atoms. The summed E-state index contributed by atoms with van der Waals surface area (Å²) in [6.45, 7) is 19.2. The number of anilines is 6. The van der Waals surface area contributed by atoms with Crippen molar-refractivity contribution in [2.45, 2.75) is 48.5 Å². The average Bonchev–Trinajstić information content (AvgIpc) is 3.87. The van der Waals surface area contributed by atoms with Crippen molar-refractivity contribution in [1.82, 2.24) is 0 Å². The number of furan rings is 2. The molecule has 0 aliphatic heterocycles. The van der Waals surface area contributed by atoms with Crippen LogP contribution in [0.25, 0.3) is 76.9 Å². The van der Waals surface area contributed by atoms with E-state index < -0.39 is 0 Å². The molecule has 306 valence electrons. The van der Waals surface area contributed by atoms with E-state index in [9.17, 15) is 0 Å². The fourth-order valence-electron chi connectivity index (χ4n) is 9.93. The van der Waals surface area contributed by atoms with Crippen LogP contribution in [0.15, 0.2) is 161 Å². The highest BCUT2D eigenvalue weighted by Gasteiger charge is 2.27. The minimum atomic E-state index is 0.807. The van der Waals surface area contributed by atoms with Crippen molar-refractivity contribution in [2.24, 2.45) is 0 Å². The Balaban J connectivity index is 1.21. The number of para-hydroxylation sites is 3. The molecule has 11 aromatic rings. The van der Waals surface area contributed by atoms with Crippen molar-refractivity contribution in [2.75, 3.05) is 9.80 Å². The van der Waals surface area contributed by atoms with Crippen molar-refractivity contribution < 1.29 is 8.83 Å². The van der Waals surface area contributed by atoms with E-state index in [1.165, 1.54) is 49.2 Å². The summed E-state index contributed by atoms with van der Waals surface area (Å²) in [5, 5.41) is 10.5. The van der Waals surface area contributed by atoms with Crippen LogP contribution in [-0.4, -0.2) is 0 Å². The number of allylic oxidation sites excluding steroid dienone is 2. The van der Waals surface area contributed by atoms with E-state index in [0.29, 0.717) is 0 Å². The number of nitrogens with zero attached hydrogens (tertiary/aromatic N) is 2. The maximum Gasteiger partial charge on any atom is 0.159 e. The van der Waals surface area contributed by atoms with Gasteiger partial charge in [-0.3, -0.25) is 0 Å². The lowest BCUT2D eigenvalue weighted by atomic mass is 9.91. The lowest BCUT2D eigenvalue weighted by Crippen LogP contribution is -2.13. The maximum absolute atomic E-state index is 6.88. The molecular formula is C59H48N2O2. The number of benzene rings is 9.